The SMILES string of the molecule is COc1ccc(NC(=O)Cn2cnc3sc(-c4nc(-c5cccc(C)c5)no4)c(C)c3c2=O)cc1. The van der Waals surface area contributed by atoms with Crippen LogP contribution < -0.4 is 15.6 Å². The molecule has 5 rings (SSSR count). The van der Waals surface area contributed by atoms with E-state index < -0.39 is 0 Å². The van der Waals surface area contributed by atoms with Gasteiger partial charge >= 0.3 is 0 Å². The first-order chi connectivity index (χ1) is 16.9. The molecule has 176 valence electrons. The van der Waals surface area contributed by atoms with Crippen molar-refractivity contribution in [3.05, 3.63) is 76.3 Å². The van der Waals surface area contributed by atoms with Gasteiger partial charge in [0.1, 0.15) is 17.1 Å². The molecule has 0 saturated heterocycles. The van der Waals surface area contributed by atoms with Gasteiger partial charge in [-0.05, 0) is 49.7 Å². The van der Waals surface area contributed by atoms with Gasteiger partial charge in [-0.3, -0.25) is 14.2 Å². The van der Waals surface area contributed by atoms with Gasteiger partial charge < -0.3 is 14.6 Å². The summed E-state index contributed by atoms with van der Waals surface area (Å²) in [4.78, 5) is 35.9. The van der Waals surface area contributed by atoms with Gasteiger partial charge in [0.2, 0.25) is 11.7 Å². The molecule has 0 atom stereocenters. The first kappa shape index (κ1) is 22.5. The van der Waals surface area contributed by atoms with E-state index in [9.17, 15) is 9.59 Å². The minimum Gasteiger partial charge on any atom is -0.497 e. The quantitative estimate of drug-likeness (QED) is 0.377. The fourth-order valence-corrected chi connectivity index (χ4v) is 4.78. The van der Waals surface area contributed by atoms with Crippen LogP contribution in [0.5, 0.6) is 5.75 Å². The Morgan fingerprint density at radius 1 is 1.17 bits per heavy atom. The largest absolute Gasteiger partial charge is 0.497 e. The van der Waals surface area contributed by atoms with Crippen molar-refractivity contribution in [2.24, 2.45) is 0 Å². The minimum atomic E-state index is -0.341. The average Bonchev–Trinajstić information content (AvgIpc) is 3.46. The molecule has 1 N–H and O–H groups in total. The number of aryl methyl sites for hydroxylation is 2. The highest BCUT2D eigenvalue weighted by Gasteiger charge is 2.21. The predicted octanol–water partition coefficient (Wildman–Crippen LogP) is 4.44. The number of nitrogens with one attached hydrogen (secondary N) is 1. The summed E-state index contributed by atoms with van der Waals surface area (Å²) in [7, 11) is 1.57. The molecule has 0 fully saturated rings. The topological polar surface area (TPSA) is 112 Å². The standard InChI is InChI=1S/C25H21N5O4S/c1-14-5-4-6-16(11-14)22-28-23(34-29-22)21-15(2)20-24(35-21)26-13-30(25(20)32)12-19(31)27-17-7-9-18(33-3)10-8-17/h4-11,13H,12H2,1-3H3,(H,27,31). The van der Waals surface area contributed by atoms with Crippen molar-refractivity contribution in [2.75, 3.05) is 12.4 Å². The maximum absolute atomic E-state index is 13.2. The van der Waals surface area contributed by atoms with Gasteiger partial charge in [-0.25, -0.2) is 4.98 Å². The fourth-order valence-electron chi connectivity index (χ4n) is 3.72. The van der Waals surface area contributed by atoms with E-state index in [1.165, 1.54) is 22.2 Å². The molecule has 0 bridgehead atoms. The molecule has 0 aliphatic carbocycles. The molecule has 9 nitrogen and oxygen atoms in total. The van der Waals surface area contributed by atoms with Crippen LogP contribution >= 0.6 is 11.3 Å². The van der Waals surface area contributed by atoms with Crippen LogP contribution in [0.1, 0.15) is 11.1 Å². The van der Waals surface area contributed by atoms with E-state index in [0.29, 0.717) is 43.8 Å². The number of carbonyl (C=O) groups is 1. The Labute approximate surface area is 204 Å². The molecule has 3 aromatic heterocycles. The molecule has 0 radical (unpaired) electrons. The van der Waals surface area contributed by atoms with Crippen LogP contribution in [0.4, 0.5) is 5.69 Å². The summed E-state index contributed by atoms with van der Waals surface area (Å²) >= 11 is 1.30. The van der Waals surface area contributed by atoms with Crippen LogP contribution in [0.25, 0.3) is 32.4 Å². The zero-order valence-corrected chi connectivity index (χ0v) is 20.0. The molecule has 0 saturated carbocycles. The molecular weight excluding hydrogens is 466 g/mol. The van der Waals surface area contributed by atoms with Crippen LogP contribution in [-0.4, -0.2) is 32.7 Å². The lowest BCUT2D eigenvalue weighted by Gasteiger charge is -2.08. The molecule has 0 aliphatic rings. The van der Waals surface area contributed by atoms with Gasteiger partial charge in [0.05, 0.1) is 23.7 Å². The molecule has 5 aromatic rings. The maximum atomic E-state index is 13.2. The number of amides is 1. The van der Waals surface area contributed by atoms with Crippen molar-refractivity contribution in [3.8, 4) is 27.9 Å². The Hall–Kier alpha value is -4.31. The molecule has 10 heteroatoms. The zero-order valence-electron chi connectivity index (χ0n) is 19.2. The second kappa shape index (κ2) is 9.15. The van der Waals surface area contributed by atoms with Crippen molar-refractivity contribution in [1.82, 2.24) is 19.7 Å². The lowest BCUT2D eigenvalue weighted by atomic mass is 10.1. The number of hydrogen-bond acceptors (Lipinski definition) is 8. The molecule has 0 spiro atoms. The number of thiophene rings is 1. The van der Waals surface area contributed by atoms with Gasteiger partial charge in [0, 0.05) is 11.3 Å². The van der Waals surface area contributed by atoms with E-state index in [0.717, 1.165) is 11.1 Å². The van der Waals surface area contributed by atoms with Crippen molar-refractivity contribution >= 4 is 33.1 Å². The summed E-state index contributed by atoms with van der Waals surface area (Å²) in [5, 5.41) is 7.30. The van der Waals surface area contributed by atoms with E-state index in [2.05, 4.69) is 20.4 Å². The van der Waals surface area contributed by atoms with Gasteiger partial charge in [-0.2, -0.15) is 4.98 Å². The Morgan fingerprint density at radius 3 is 2.71 bits per heavy atom. The lowest BCUT2D eigenvalue weighted by molar-refractivity contribution is -0.116. The molecule has 35 heavy (non-hydrogen) atoms. The average molecular weight is 488 g/mol. The number of fused-ring (bicyclic) bond motifs is 1. The minimum absolute atomic E-state index is 0.170. The molecule has 0 aliphatic heterocycles. The van der Waals surface area contributed by atoms with Crippen LogP contribution in [0.2, 0.25) is 0 Å². The van der Waals surface area contributed by atoms with Crippen LogP contribution in [0, 0.1) is 13.8 Å². The summed E-state index contributed by atoms with van der Waals surface area (Å²) < 4.78 is 11.9. The zero-order chi connectivity index (χ0) is 24.5. The van der Waals surface area contributed by atoms with Crippen molar-refractivity contribution in [2.45, 2.75) is 20.4 Å². The Bertz CT molecular complexity index is 1600. The Kier molecular flexibility index (Phi) is 5.87. The van der Waals surface area contributed by atoms with Crippen molar-refractivity contribution < 1.29 is 14.1 Å². The van der Waals surface area contributed by atoms with E-state index in [4.69, 9.17) is 9.26 Å². The third-order valence-corrected chi connectivity index (χ3v) is 6.69. The smallest absolute Gasteiger partial charge is 0.268 e. The van der Waals surface area contributed by atoms with E-state index in [-0.39, 0.29) is 18.0 Å². The number of benzene rings is 2. The number of hydrogen-bond donors (Lipinski definition) is 1. The molecule has 2 aromatic carbocycles. The first-order valence-corrected chi connectivity index (χ1v) is 11.6. The Balaban J connectivity index is 1.41. The summed E-state index contributed by atoms with van der Waals surface area (Å²) in [6, 6.07) is 14.8. The number of methoxy groups -OCH3 is 1. The van der Waals surface area contributed by atoms with Crippen molar-refractivity contribution in [3.63, 3.8) is 0 Å². The van der Waals surface area contributed by atoms with E-state index >= 15 is 0 Å². The maximum Gasteiger partial charge on any atom is 0.268 e. The number of nitrogens with zero attached hydrogens (tertiary/aromatic N) is 4. The van der Waals surface area contributed by atoms with Gasteiger partial charge in [0.25, 0.3) is 11.4 Å². The van der Waals surface area contributed by atoms with Crippen LogP contribution in [0.15, 0.2) is 64.2 Å². The third kappa shape index (κ3) is 4.43. The highest BCUT2D eigenvalue weighted by atomic mass is 32.1. The third-order valence-electron chi connectivity index (χ3n) is 5.50. The summed E-state index contributed by atoms with van der Waals surface area (Å²) in [5.41, 5.74) is 2.92. The van der Waals surface area contributed by atoms with Crippen LogP contribution in [0.3, 0.4) is 0 Å². The highest BCUT2D eigenvalue weighted by Crippen LogP contribution is 2.35. The molecule has 0 unspecified atom stereocenters. The second-order valence-corrected chi connectivity index (χ2v) is 8.98. The van der Waals surface area contributed by atoms with Gasteiger partial charge in [-0.1, -0.05) is 28.9 Å². The number of carbonyl (C=O) groups excluding carboxylic acids is 1. The summed E-state index contributed by atoms with van der Waals surface area (Å²) in [6.45, 7) is 3.64. The van der Waals surface area contributed by atoms with E-state index in [1.807, 2.05) is 38.1 Å². The lowest BCUT2D eigenvalue weighted by Crippen LogP contribution is -2.27. The van der Waals surface area contributed by atoms with Crippen molar-refractivity contribution in [1.29, 1.82) is 0 Å². The van der Waals surface area contributed by atoms with Gasteiger partial charge in [0.15, 0.2) is 0 Å². The number of aromatic nitrogens is 4. The number of rotatable bonds is 6. The molecule has 1 amide bonds. The molecule has 3 heterocycles. The predicted molar refractivity (Wildman–Crippen MR) is 134 cm³/mol. The first-order valence-electron chi connectivity index (χ1n) is 10.8. The second-order valence-electron chi connectivity index (χ2n) is 7.98. The van der Waals surface area contributed by atoms with E-state index in [1.54, 1.807) is 31.4 Å². The van der Waals surface area contributed by atoms with Crippen LogP contribution in [-0.2, 0) is 11.3 Å². The Morgan fingerprint density at radius 2 is 1.97 bits per heavy atom. The fraction of sp³-hybridized carbons (Fsp3) is 0.160. The normalized spacial score (nSPS) is 11.1. The number of anilines is 1. The highest BCUT2D eigenvalue weighted by molar-refractivity contribution is 7.22. The molecular formula is C25H21N5O4S. The van der Waals surface area contributed by atoms with Gasteiger partial charge in [-0.15, -0.1) is 11.3 Å². The number of ether oxygens (including phenoxy) is 1. The monoisotopic (exact) mass is 487 g/mol. The summed E-state index contributed by atoms with van der Waals surface area (Å²) in [6.07, 6.45) is 1.38. The summed E-state index contributed by atoms with van der Waals surface area (Å²) in [5.74, 6) is 1.14.